The van der Waals surface area contributed by atoms with Crippen molar-refractivity contribution in [2.75, 3.05) is 26.4 Å². The maximum absolute atomic E-state index is 6.35. The van der Waals surface area contributed by atoms with Gasteiger partial charge in [-0.1, -0.05) is 252 Å². The van der Waals surface area contributed by atoms with Gasteiger partial charge in [-0.25, -0.2) is 0 Å². The molecule has 0 radical (unpaired) electrons. The van der Waals surface area contributed by atoms with Crippen LogP contribution in [-0.4, -0.2) is 40.7 Å². The van der Waals surface area contributed by atoms with Crippen LogP contribution in [0.1, 0.15) is 201 Å². The average molecular weight is 971 g/mol. The van der Waals surface area contributed by atoms with Crippen molar-refractivity contribution in [3.63, 3.8) is 0 Å². The Morgan fingerprint density at radius 2 is 0.658 bits per heavy atom. The fourth-order valence-electron chi connectivity index (χ4n) is 14.7. The van der Waals surface area contributed by atoms with E-state index in [0.717, 1.165) is 10.9 Å². The molecule has 2 heterocycles. The van der Waals surface area contributed by atoms with Crippen molar-refractivity contribution >= 4 is 25.2 Å². The minimum Gasteiger partial charge on any atom is -0.405 e. The van der Waals surface area contributed by atoms with Gasteiger partial charge in [-0.15, -0.1) is 0 Å². The van der Waals surface area contributed by atoms with Gasteiger partial charge in [0, 0.05) is 10.8 Å². The summed E-state index contributed by atoms with van der Waals surface area (Å²) in [6.45, 7) is 11.8. The van der Waals surface area contributed by atoms with Crippen molar-refractivity contribution < 1.29 is 18.6 Å². The standard InChI is InChI=1S/C67H80B2O4/c1-5-9-13-21-37-65(38-22-14-10-6-2)59-27-19-17-25-53(59)55-33-29-49(45-61(55)65)67(63-47-51(68-70-41-42-71-68)31-35-57(63)58-36-32-52(48-64(58)67)69-72-43-44-73-69)50-30-34-56-54-26-18-20-28-60(54)66(62(56)46-50,39-23-15-11-7-3)40-24-16-12-8-4/h17-20,25-36,45-48H,5-16,21-24,37-44H2,1-4H3. The summed E-state index contributed by atoms with van der Waals surface area (Å²) < 4.78 is 25.4. The number of hydrogen-bond donors (Lipinski definition) is 0. The second kappa shape index (κ2) is 22.2. The van der Waals surface area contributed by atoms with E-state index in [1.165, 1.54) is 195 Å². The largest absolute Gasteiger partial charge is 0.494 e. The van der Waals surface area contributed by atoms with E-state index in [1.807, 2.05) is 0 Å². The molecule has 4 nitrogen and oxygen atoms in total. The van der Waals surface area contributed by atoms with Crippen LogP contribution in [0.5, 0.6) is 0 Å². The lowest BCUT2D eigenvalue weighted by Crippen LogP contribution is -2.37. The molecule has 73 heavy (non-hydrogen) atoms. The number of unbranched alkanes of at least 4 members (excludes halogenated alkanes) is 12. The van der Waals surface area contributed by atoms with E-state index in [1.54, 1.807) is 11.1 Å². The molecule has 0 aromatic heterocycles. The number of fused-ring (bicyclic) bond motifs is 9. The topological polar surface area (TPSA) is 36.9 Å². The van der Waals surface area contributed by atoms with Gasteiger partial charge in [-0.2, -0.15) is 0 Å². The summed E-state index contributed by atoms with van der Waals surface area (Å²) in [7, 11) is -0.797. The Kier molecular flexibility index (Phi) is 15.4. The SMILES string of the molecule is CCCCCCC1(CCCCCC)c2ccccc2-c2ccc(C3(c4ccc5c(c4)C(CCCCCC)(CCCCCC)c4ccccc4-5)c4cc(B5OCCO5)ccc4-c4ccc(B5OCCO5)cc43)cc21. The zero-order chi connectivity index (χ0) is 49.8. The van der Waals surface area contributed by atoms with Gasteiger partial charge < -0.3 is 18.6 Å². The molecule has 378 valence electrons. The third kappa shape index (κ3) is 8.92. The predicted molar refractivity (Wildman–Crippen MR) is 306 cm³/mol. The summed E-state index contributed by atoms with van der Waals surface area (Å²) in [6.07, 6.45) is 24.8. The molecule has 0 spiro atoms. The fraction of sp³-hybridized carbons (Fsp3) is 0.463. The molecule has 0 N–H and O–H groups in total. The van der Waals surface area contributed by atoms with Crippen molar-refractivity contribution in [2.45, 2.75) is 172 Å². The third-order valence-electron chi connectivity index (χ3n) is 18.2. The maximum Gasteiger partial charge on any atom is 0.494 e. The Morgan fingerprint density at radius 1 is 0.329 bits per heavy atom. The van der Waals surface area contributed by atoms with E-state index in [0.29, 0.717) is 26.4 Å². The van der Waals surface area contributed by atoms with Gasteiger partial charge in [0.2, 0.25) is 0 Å². The van der Waals surface area contributed by atoms with E-state index in [2.05, 4.69) is 149 Å². The second-order valence-electron chi connectivity index (χ2n) is 22.5. The first-order valence-electron chi connectivity index (χ1n) is 29.3. The van der Waals surface area contributed by atoms with Crippen molar-refractivity contribution in [3.05, 3.63) is 166 Å². The first kappa shape index (κ1) is 50.4. The Hall–Kier alpha value is -4.71. The highest BCUT2D eigenvalue weighted by Gasteiger charge is 2.52. The van der Waals surface area contributed by atoms with Gasteiger partial charge in [0.25, 0.3) is 0 Å². The Labute approximate surface area is 439 Å². The molecule has 0 bridgehead atoms. The second-order valence-corrected chi connectivity index (χ2v) is 22.5. The smallest absolute Gasteiger partial charge is 0.405 e. The summed E-state index contributed by atoms with van der Waals surface area (Å²) in [4.78, 5) is 0. The monoisotopic (exact) mass is 971 g/mol. The number of benzene rings is 6. The normalized spacial score (nSPS) is 17.2. The molecular weight excluding hydrogens is 890 g/mol. The molecule has 6 heteroatoms. The van der Waals surface area contributed by atoms with Gasteiger partial charge >= 0.3 is 14.2 Å². The Bertz CT molecular complexity index is 2650. The summed E-state index contributed by atoms with van der Waals surface area (Å²) in [5.41, 5.74) is 21.0. The minimum atomic E-state index is -0.687. The van der Waals surface area contributed by atoms with Crippen LogP contribution in [-0.2, 0) is 34.9 Å². The quantitative estimate of drug-likeness (QED) is 0.0447. The van der Waals surface area contributed by atoms with Crippen LogP contribution in [0.25, 0.3) is 33.4 Å². The first-order valence-corrected chi connectivity index (χ1v) is 29.3. The van der Waals surface area contributed by atoms with Crippen molar-refractivity contribution in [1.82, 2.24) is 0 Å². The van der Waals surface area contributed by atoms with E-state index in [-0.39, 0.29) is 10.8 Å². The summed E-state index contributed by atoms with van der Waals surface area (Å²) in [5, 5.41) is 0. The zero-order valence-corrected chi connectivity index (χ0v) is 44.8. The minimum absolute atomic E-state index is 0.0681. The van der Waals surface area contributed by atoms with Crippen LogP contribution in [0.15, 0.2) is 121 Å². The first-order chi connectivity index (χ1) is 36.0. The van der Waals surface area contributed by atoms with Crippen LogP contribution >= 0.6 is 0 Å². The summed E-state index contributed by atoms with van der Waals surface area (Å²) in [6, 6.07) is 48.9. The molecule has 0 saturated carbocycles. The van der Waals surface area contributed by atoms with Gasteiger partial charge in [-0.05, 0) is 114 Å². The van der Waals surface area contributed by atoms with Crippen molar-refractivity contribution in [1.29, 1.82) is 0 Å². The fourth-order valence-corrected chi connectivity index (χ4v) is 14.7. The maximum atomic E-state index is 6.35. The van der Waals surface area contributed by atoms with Crippen LogP contribution in [0.3, 0.4) is 0 Å². The van der Waals surface area contributed by atoms with Gasteiger partial charge in [0.15, 0.2) is 0 Å². The highest BCUT2D eigenvalue weighted by atomic mass is 16.6. The van der Waals surface area contributed by atoms with Crippen molar-refractivity contribution in [3.8, 4) is 33.4 Å². The molecule has 5 aliphatic rings. The third-order valence-corrected chi connectivity index (χ3v) is 18.2. The highest BCUT2D eigenvalue weighted by Crippen LogP contribution is 2.62. The molecule has 11 rings (SSSR count). The Morgan fingerprint density at radius 3 is 1.03 bits per heavy atom. The van der Waals surface area contributed by atoms with E-state index in [4.69, 9.17) is 18.6 Å². The molecular formula is C67H80B2O4. The average Bonchev–Trinajstić information content (AvgIpc) is 4.29. The van der Waals surface area contributed by atoms with E-state index >= 15 is 0 Å². The lowest BCUT2D eigenvalue weighted by Gasteiger charge is -2.38. The summed E-state index contributed by atoms with van der Waals surface area (Å²) in [5.74, 6) is 0. The Balaban J connectivity index is 1.20. The lowest BCUT2D eigenvalue weighted by molar-refractivity contribution is 0.365. The predicted octanol–water partition coefficient (Wildman–Crippen LogP) is 15.9. The molecule has 0 atom stereocenters. The van der Waals surface area contributed by atoms with E-state index in [9.17, 15) is 0 Å². The molecule has 2 aliphatic heterocycles. The van der Waals surface area contributed by atoms with Crippen LogP contribution < -0.4 is 10.9 Å². The van der Waals surface area contributed by atoms with Gasteiger partial charge in [0.05, 0.1) is 31.8 Å². The van der Waals surface area contributed by atoms with Gasteiger partial charge in [0.1, 0.15) is 0 Å². The van der Waals surface area contributed by atoms with Gasteiger partial charge in [-0.3, -0.25) is 0 Å². The highest BCUT2D eigenvalue weighted by molar-refractivity contribution is 6.62. The van der Waals surface area contributed by atoms with Crippen molar-refractivity contribution in [2.24, 2.45) is 0 Å². The van der Waals surface area contributed by atoms with Crippen LogP contribution in [0.4, 0.5) is 0 Å². The molecule has 3 aliphatic carbocycles. The molecule has 2 fully saturated rings. The van der Waals surface area contributed by atoms with Crippen LogP contribution in [0, 0.1) is 0 Å². The molecule has 0 amide bonds. The molecule has 0 unspecified atom stereocenters. The molecule has 2 saturated heterocycles. The molecule has 6 aromatic carbocycles. The summed E-state index contributed by atoms with van der Waals surface area (Å²) >= 11 is 0. The lowest BCUT2D eigenvalue weighted by atomic mass is 9.62. The number of hydrogen-bond acceptors (Lipinski definition) is 4. The zero-order valence-electron chi connectivity index (χ0n) is 44.8. The van der Waals surface area contributed by atoms with Crippen LogP contribution in [0.2, 0.25) is 0 Å². The molecule has 6 aromatic rings. The van der Waals surface area contributed by atoms with E-state index < -0.39 is 19.7 Å². The number of rotatable bonds is 24.